The molecular weight excluding hydrogens is 319 g/mol. The summed E-state index contributed by atoms with van der Waals surface area (Å²) in [4.78, 5) is 12.0. The number of halogens is 1. The molecule has 1 aliphatic rings. The highest BCUT2D eigenvalue weighted by molar-refractivity contribution is 7.92. The van der Waals surface area contributed by atoms with Gasteiger partial charge in [0.25, 0.3) is 0 Å². The van der Waals surface area contributed by atoms with Gasteiger partial charge in [-0.15, -0.1) is 0 Å². The zero-order chi connectivity index (χ0) is 16.9. The first kappa shape index (κ1) is 17.7. The van der Waals surface area contributed by atoms with Crippen LogP contribution in [0.4, 0.5) is 10.1 Å². The Kier molecular flexibility index (Phi) is 5.98. The molecule has 0 saturated heterocycles. The fourth-order valence-electron chi connectivity index (χ4n) is 2.81. The molecule has 1 amide bonds. The highest BCUT2D eigenvalue weighted by Gasteiger charge is 2.23. The average Bonchev–Trinajstić information content (AvgIpc) is 2.96. The number of hydrogen-bond donors (Lipinski definition) is 2. The molecule has 0 aliphatic heterocycles. The van der Waals surface area contributed by atoms with Crippen LogP contribution < -0.4 is 10.0 Å². The molecule has 0 bridgehead atoms. The van der Waals surface area contributed by atoms with Gasteiger partial charge in [0.05, 0.1) is 17.4 Å². The maximum atomic E-state index is 13.1. The van der Waals surface area contributed by atoms with Gasteiger partial charge in [0.2, 0.25) is 15.9 Å². The molecule has 1 unspecified atom stereocenters. The Morgan fingerprint density at radius 2 is 2.04 bits per heavy atom. The SMILES string of the molecule is CC(CS(=O)(=O)Nc1cccc(F)c1)C(=O)NCC1CCCC1. The van der Waals surface area contributed by atoms with Crippen molar-refractivity contribution in [3.05, 3.63) is 30.1 Å². The van der Waals surface area contributed by atoms with E-state index in [1.165, 1.54) is 31.0 Å². The minimum absolute atomic E-state index is 0.156. The number of nitrogens with one attached hydrogen (secondary N) is 2. The van der Waals surface area contributed by atoms with Gasteiger partial charge in [0.1, 0.15) is 5.82 Å². The van der Waals surface area contributed by atoms with Gasteiger partial charge in [0.15, 0.2) is 0 Å². The quantitative estimate of drug-likeness (QED) is 0.799. The van der Waals surface area contributed by atoms with E-state index in [-0.39, 0.29) is 17.3 Å². The summed E-state index contributed by atoms with van der Waals surface area (Å²) in [5.41, 5.74) is 0.156. The molecule has 0 aromatic heterocycles. The molecule has 1 atom stereocenters. The lowest BCUT2D eigenvalue weighted by Gasteiger charge is -2.16. The fraction of sp³-hybridized carbons (Fsp3) is 0.562. The van der Waals surface area contributed by atoms with E-state index in [0.717, 1.165) is 18.9 Å². The Morgan fingerprint density at radius 3 is 2.70 bits per heavy atom. The molecule has 0 radical (unpaired) electrons. The van der Waals surface area contributed by atoms with E-state index >= 15 is 0 Å². The summed E-state index contributed by atoms with van der Waals surface area (Å²) >= 11 is 0. The molecule has 1 saturated carbocycles. The van der Waals surface area contributed by atoms with Gasteiger partial charge in [-0.25, -0.2) is 12.8 Å². The second kappa shape index (κ2) is 7.77. The van der Waals surface area contributed by atoms with E-state index in [4.69, 9.17) is 0 Å². The normalized spacial score (nSPS) is 17.0. The number of amides is 1. The molecule has 1 aliphatic carbocycles. The lowest BCUT2D eigenvalue weighted by atomic mass is 10.1. The molecule has 1 aromatic carbocycles. The number of carbonyl (C=O) groups excluding carboxylic acids is 1. The third-order valence-corrected chi connectivity index (χ3v) is 5.54. The predicted molar refractivity (Wildman–Crippen MR) is 87.9 cm³/mol. The van der Waals surface area contributed by atoms with E-state index in [0.29, 0.717) is 12.5 Å². The topological polar surface area (TPSA) is 75.3 Å². The van der Waals surface area contributed by atoms with Crippen LogP contribution in [0.5, 0.6) is 0 Å². The smallest absolute Gasteiger partial charge is 0.233 e. The number of rotatable bonds is 7. The third-order valence-electron chi connectivity index (χ3n) is 4.05. The molecule has 1 fully saturated rings. The van der Waals surface area contributed by atoms with Crippen molar-refractivity contribution < 1.29 is 17.6 Å². The van der Waals surface area contributed by atoms with Crippen LogP contribution in [0.2, 0.25) is 0 Å². The van der Waals surface area contributed by atoms with Gasteiger partial charge < -0.3 is 5.32 Å². The highest BCUT2D eigenvalue weighted by atomic mass is 32.2. The Hall–Kier alpha value is -1.63. The van der Waals surface area contributed by atoms with Crippen LogP contribution in [0.25, 0.3) is 0 Å². The number of sulfonamides is 1. The van der Waals surface area contributed by atoms with Crippen molar-refractivity contribution in [1.82, 2.24) is 5.32 Å². The van der Waals surface area contributed by atoms with Crippen molar-refractivity contribution in [1.29, 1.82) is 0 Å². The molecule has 2 rings (SSSR count). The van der Waals surface area contributed by atoms with E-state index in [1.807, 2.05) is 0 Å². The van der Waals surface area contributed by atoms with Crippen molar-refractivity contribution in [2.45, 2.75) is 32.6 Å². The summed E-state index contributed by atoms with van der Waals surface area (Å²) < 4.78 is 39.5. The lowest BCUT2D eigenvalue weighted by molar-refractivity contribution is -0.124. The van der Waals surface area contributed by atoms with E-state index in [1.54, 1.807) is 6.92 Å². The Balaban J connectivity index is 1.84. The second-order valence-corrected chi connectivity index (χ2v) is 7.96. The Morgan fingerprint density at radius 1 is 1.35 bits per heavy atom. The van der Waals surface area contributed by atoms with Crippen LogP contribution in [0, 0.1) is 17.7 Å². The van der Waals surface area contributed by atoms with Crippen molar-refractivity contribution in [3.8, 4) is 0 Å². The largest absolute Gasteiger partial charge is 0.356 e. The minimum Gasteiger partial charge on any atom is -0.356 e. The predicted octanol–water partition coefficient (Wildman–Crippen LogP) is 2.51. The maximum absolute atomic E-state index is 13.1. The van der Waals surface area contributed by atoms with Crippen molar-refractivity contribution >= 4 is 21.6 Å². The highest BCUT2D eigenvalue weighted by Crippen LogP contribution is 2.23. The van der Waals surface area contributed by atoms with Crippen LogP contribution in [0.15, 0.2) is 24.3 Å². The van der Waals surface area contributed by atoms with Gasteiger partial charge in [0, 0.05) is 6.54 Å². The molecule has 23 heavy (non-hydrogen) atoms. The fourth-order valence-corrected chi connectivity index (χ4v) is 4.19. The van der Waals surface area contributed by atoms with Gasteiger partial charge in [-0.2, -0.15) is 0 Å². The summed E-state index contributed by atoms with van der Waals surface area (Å²) in [6.07, 6.45) is 4.63. The standard InChI is InChI=1S/C16H23FN2O3S/c1-12(16(20)18-10-13-5-2-3-6-13)11-23(21,22)19-15-8-4-7-14(17)9-15/h4,7-9,12-13,19H,2-3,5-6,10-11H2,1H3,(H,18,20). The first-order chi connectivity index (χ1) is 10.9. The summed E-state index contributed by atoms with van der Waals surface area (Å²) in [6, 6.07) is 5.22. The maximum Gasteiger partial charge on any atom is 0.233 e. The number of hydrogen-bond acceptors (Lipinski definition) is 3. The zero-order valence-corrected chi connectivity index (χ0v) is 14.0. The van der Waals surface area contributed by atoms with Crippen molar-refractivity contribution in [2.24, 2.45) is 11.8 Å². The summed E-state index contributed by atoms with van der Waals surface area (Å²) in [5.74, 6) is -1.27. The molecule has 2 N–H and O–H groups in total. The monoisotopic (exact) mass is 342 g/mol. The van der Waals surface area contributed by atoms with Crippen LogP contribution >= 0.6 is 0 Å². The van der Waals surface area contributed by atoms with Gasteiger partial charge >= 0.3 is 0 Å². The summed E-state index contributed by atoms with van der Waals surface area (Å²) in [7, 11) is -3.71. The molecular formula is C16H23FN2O3S. The summed E-state index contributed by atoms with van der Waals surface area (Å²) in [5, 5.41) is 2.83. The number of benzene rings is 1. The summed E-state index contributed by atoms with van der Waals surface area (Å²) in [6.45, 7) is 2.19. The second-order valence-electron chi connectivity index (χ2n) is 6.19. The van der Waals surface area contributed by atoms with E-state index in [2.05, 4.69) is 10.0 Å². The van der Waals surface area contributed by atoms with Crippen LogP contribution in [-0.4, -0.2) is 26.6 Å². The number of anilines is 1. The number of carbonyl (C=O) groups is 1. The van der Waals surface area contributed by atoms with Gasteiger partial charge in [-0.3, -0.25) is 9.52 Å². The zero-order valence-electron chi connectivity index (χ0n) is 13.2. The van der Waals surface area contributed by atoms with Crippen molar-refractivity contribution in [2.75, 3.05) is 17.0 Å². The molecule has 0 spiro atoms. The Bertz CT molecular complexity index is 642. The average molecular weight is 342 g/mol. The molecule has 5 nitrogen and oxygen atoms in total. The minimum atomic E-state index is -3.71. The van der Waals surface area contributed by atoms with Gasteiger partial charge in [-0.05, 0) is 37.0 Å². The van der Waals surface area contributed by atoms with Gasteiger partial charge in [-0.1, -0.05) is 25.8 Å². The third kappa shape index (κ3) is 5.82. The molecule has 0 heterocycles. The first-order valence-corrected chi connectivity index (χ1v) is 9.55. The molecule has 128 valence electrons. The van der Waals surface area contributed by atoms with Crippen LogP contribution in [0.3, 0.4) is 0 Å². The molecule has 7 heteroatoms. The van der Waals surface area contributed by atoms with Crippen molar-refractivity contribution in [3.63, 3.8) is 0 Å². The first-order valence-electron chi connectivity index (χ1n) is 7.89. The Labute approximate surface area is 136 Å². The van der Waals surface area contributed by atoms with Crippen LogP contribution in [0.1, 0.15) is 32.6 Å². The lowest BCUT2D eigenvalue weighted by Crippen LogP contribution is -2.36. The van der Waals surface area contributed by atoms with E-state index < -0.39 is 21.8 Å². The van der Waals surface area contributed by atoms with Crippen LogP contribution in [-0.2, 0) is 14.8 Å². The molecule has 1 aromatic rings. The van der Waals surface area contributed by atoms with E-state index in [9.17, 15) is 17.6 Å².